The summed E-state index contributed by atoms with van der Waals surface area (Å²) < 4.78 is 5.41. The molecule has 0 spiro atoms. The average Bonchev–Trinajstić information content (AvgIpc) is 2.01. The fourth-order valence-electron chi connectivity index (χ4n) is 0.726. The molecule has 2 heteroatoms. The minimum Gasteiger partial charge on any atom is -0.377 e. The van der Waals surface area contributed by atoms with E-state index >= 15 is 0 Å². The van der Waals surface area contributed by atoms with Gasteiger partial charge in [0, 0.05) is 13.2 Å². The minimum absolute atomic E-state index is 0.267. The standard InChI is InChI=1S/C9H17NO/c1-4-6-10-8-9(3)11-7-5-2/h1,9-10H,5-8H2,2-3H3. The van der Waals surface area contributed by atoms with E-state index in [4.69, 9.17) is 11.2 Å². The van der Waals surface area contributed by atoms with Crippen molar-refractivity contribution in [3.05, 3.63) is 0 Å². The van der Waals surface area contributed by atoms with Crippen LogP contribution >= 0.6 is 0 Å². The SMILES string of the molecule is C#CCNCC(C)OCCC. The molecule has 0 aliphatic carbocycles. The quantitative estimate of drug-likeness (QED) is 0.457. The van der Waals surface area contributed by atoms with Crippen LogP contribution in [0.2, 0.25) is 0 Å². The highest BCUT2D eigenvalue weighted by Gasteiger charge is 1.98. The molecule has 0 aromatic carbocycles. The molecule has 0 aromatic heterocycles. The molecular weight excluding hydrogens is 138 g/mol. The average molecular weight is 155 g/mol. The van der Waals surface area contributed by atoms with Crippen molar-refractivity contribution in [3.63, 3.8) is 0 Å². The predicted molar refractivity (Wildman–Crippen MR) is 47.4 cm³/mol. The Morgan fingerprint density at radius 2 is 2.36 bits per heavy atom. The Kier molecular flexibility index (Phi) is 7.23. The number of nitrogens with one attached hydrogen (secondary N) is 1. The van der Waals surface area contributed by atoms with Gasteiger partial charge in [-0.05, 0) is 13.3 Å². The van der Waals surface area contributed by atoms with Gasteiger partial charge in [0.15, 0.2) is 0 Å². The lowest BCUT2D eigenvalue weighted by atomic mass is 10.4. The first kappa shape index (κ1) is 10.5. The molecule has 11 heavy (non-hydrogen) atoms. The van der Waals surface area contributed by atoms with Crippen molar-refractivity contribution in [2.45, 2.75) is 26.4 Å². The van der Waals surface area contributed by atoms with Crippen molar-refractivity contribution in [3.8, 4) is 12.3 Å². The van der Waals surface area contributed by atoms with E-state index in [0.717, 1.165) is 19.6 Å². The van der Waals surface area contributed by atoms with Gasteiger partial charge in [-0.25, -0.2) is 0 Å². The molecule has 0 radical (unpaired) electrons. The van der Waals surface area contributed by atoms with Gasteiger partial charge in [0.05, 0.1) is 12.6 Å². The Morgan fingerprint density at radius 3 is 2.91 bits per heavy atom. The topological polar surface area (TPSA) is 21.3 Å². The number of hydrogen-bond donors (Lipinski definition) is 1. The van der Waals surface area contributed by atoms with Crippen LogP contribution in [0.4, 0.5) is 0 Å². The third-order valence-corrected chi connectivity index (χ3v) is 1.27. The van der Waals surface area contributed by atoms with Crippen LogP contribution in [0.15, 0.2) is 0 Å². The molecule has 0 aliphatic heterocycles. The summed E-state index contributed by atoms with van der Waals surface area (Å²) in [6.07, 6.45) is 6.40. The lowest BCUT2D eigenvalue weighted by molar-refractivity contribution is 0.0672. The van der Waals surface area contributed by atoms with E-state index in [9.17, 15) is 0 Å². The van der Waals surface area contributed by atoms with Crippen LogP contribution in [0.3, 0.4) is 0 Å². The molecule has 0 saturated heterocycles. The second-order valence-corrected chi connectivity index (χ2v) is 2.52. The monoisotopic (exact) mass is 155 g/mol. The molecule has 0 amide bonds. The summed E-state index contributed by atoms with van der Waals surface area (Å²) in [7, 11) is 0. The highest BCUT2D eigenvalue weighted by atomic mass is 16.5. The van der Waals surface area contributed by atoms with E-state index in [1.54, 1.807) is 0 Å². The summed E-state index contributed by atoms with van der Waals surface area (Å²) in [6, 6.07) is 0. The third-order valence-electron chi connectivity index (χ3n) is 1.27. The number of rotatable bonds is 6. The first-order chi connectivity index (χ1) is 5.31. The largest absolute Gasteiger partial charge is 0.377 e. The summed E-state index contributed by atoms with van der Waals surface area (Å²) in [5.74, 6) is 2.51. The Balaban J connectivity index is 3.10. The van der Waals surface area contributed by atoms with Gasteiger partial charge >= 0.3 is 0 Å². The van der Waals surface area contributed by atoms with E-state index in [0.29, 0.717) is 6.54 Å². The number of hydrogen-bond acceptors (Lipinski definition) is 2. The first-order valence-corrected chi connectivity index (χ1v) is 4.07. The van der Waals surface area contributed by atoms with Gasteiger partial charge in [-0.1, -0.05) is 12.8 Å². The van der Waals surface area contributed by atoms with Crippen molar-refractivity contribution in [2.24, 2.45) is 0 Å². The van der Waals surface area contributed by atoms with Crippen LogP contribution in [-0.4, -0.2) is 25.8 Å². The zero-order valence-corrected chi connectivity index (χ0v) is 7.39. The summed E-state index contributed by atoms with van der Waals surface area (Å²) in [4.78, 5) is 0. The zero-order chi connectivity index (χ0) is 8.53. The van der Waals surface area contributed by atoms with Gasteiger partial charge in [0.25, 0.3) is 0 Å². The molecule has 0 heterocycles. The lowest BCUT2D eigenvalue weighted by Gasteiger charge is -2.11. The summed E-state index contributed by atoms with van der Waals surface area (Å²) in [5.41, 5.74) is 0. The molecule has 1 unspecified atom stereocenters. The Bertz CT molecular complexity index is 117. The highest BCUT2D eigenvalue weighted by Crippen LogP contribution is 1.89. The maximum absolute atomic E-state index is 5.41. The Hall–Kier alpha value is -0.520. The highest BCUT2D eigenvalue weighted by molar-refractivity contribution is 4.86. The summed E-state index contributed by atoms with van der Waals surface area (Å²) in [6.45, 7) is 6.43. The van der Waals surface area contributed by atoms with E-state index in [1.807, 2.05) is 6.92 Å². The molecule has 0 aliphatic rings. The van der Waals surface area contributed by atoms with Crippen LogP contribution in [0.1, 0.15) is 20.3 Å². The van der Waals surface area contributed by atoms with Crippen LogP contribution in [0, 0.1) is 12.3 Å². The smallest absolute Gasteiger partial charge is 0.0671 e. The van der Waals surface area contributed by atoms with Gasteiger partial charge in [0.1, 0.15) is 0 Å². The maximum atomic E-state index is 5.41. The van der Waals surface area contributed by atoms with Crippen molar-refractivity contribution >= 4 is 0 Å². The van der Waals surface area contributed by atoms with Gasteiger partial charge in [-0.15, -0.1) is 6.42 Å². The van der Waals surface area contributed by atoms with Gasteiger partial charge < -0.3 is 10.1 Å². The molecule has 0 aromatic rings. The molecule has 0 rings (SSSR count). The first-order valence-electron chi connectivity index (χ1n) is 4.07. The molecule has 1 atom stereocenters. The van der Waals surface area contributed by atoms with Gasteiger partial charge in [-0.2, -0.15) is 0 Å². The second kappa shape index (κ2) is 7.59. The zero-order valence-electron chi connectivity index (χ0n) is 7.39. The van der Waals surface area contributed by atoms with E-state index < -0.39 is 0 Å². The molecule has 0 fully saturated rings. The summed E-state index contributed by atoms with van der Waals surface area (Å²) in [5, 5.41) is 3.08. The fraction of sp³-hybridized carbons (Fsp3) is 0.778. The van der Waals surface area contributed by atoms with E-state index in [-0.39, 0.29) is 6.10 Å². The van der Waals surface area contributed by atoms with Gasteiger partial charge in [0.2, 0.25) is 0 Å². The van der Waals surface area contributed by atoms with Crippen molar-refractivity contribution in [1.29, 1.82) is 0 Å². The van der Waals surface area contributed by atoms with Gasteiger partial charge in [-0.3, -0.25) is 0 Å². The molecule has 2 nitrogen and oxygen atoms in total. The molecule has 0 saturated carbocycles. The van der Waals surface area contributed by atoms with Crippen molar-refractivity contribution in [1.82, 2.24) is 5.32 Å². The Labute approximate surface area is 69.3 Å². The number of ether oxygens (including phenoxy) is 1. The van der Waals surface area contributed by atoms with E-state index in [1.165, 1.54) is 0 Å². The van der Waals surface area contributed by atoms with Crippen molar-refractivity contribution in [2.75, 3.05) is 19.7 Å². The third kappa shape index (κ3) is 7.38. The summed E-state index contributed by atoms with van der Waals surface area (Å²) >= 11 is 0. The van der Waals surface area contributed by atoms with Crippen molar-refractivity contribution < 1.29 is 4.74 Å². The molecule has 0 bridgehead atoms. The normalized spacial score (nSPS) is 12.5. The van der Waals surface area contributed by atoms with Crippen LogP contribution in [-0.2, 0) is 4.74 Å². The molecule has 1 N–H and O–H groups in total. The van der Waals surface area contributed by atoms with Crippen LogP contribution < -0.4 is 5.32 Å². The minimum atomic E-state index is 0.267. The fourth-order valence-corrected chi connectivity index (χ4v) is 0.726. The Morgan fingerprint density at radius 1 is 1.64 bits per heavy atom. The predicted octanol–water partition coefficient (Wildman–Crippen LogP) is 1.02. The van der Waals surface area contributed by atoms with Crippen LogP contribution in [0.5, 0.6) is 0 Å². The van der Waals surface area contributed by atoms with Crippen LogP contribution in [0.25, 0.3) is 0 Å². The van der Waals surface area contributed by atoms with E-state index in [2.05, 4.69) is 18.2 Å². The molecule has 64 valence electrons. The molecular formula is C9H17NO. The maximum Gasteiger partial charge on any atom is 0.0671 e. The second-order valence-electron chi connectivity index (χ2n) is 2.52. The number of terminal acetylenes is 1. The lowest BCUT2D eigenvalue weighted by Crippen LogP contribution is -2.27.